The highest BCUT2D eigenvalue weighted by Gasteiger charge is 2.22. The molecule has 0 aliphatic heterocycles. The van der Waals surface area contributed by atoms with E-state index < -0.39 is 5.97 Å². The van der Waals surface area contributed by atoms with Gasteiger partial charge in [-0.15, -0.1) is 0 Å². The first kappa shape index (κ1) is 9.19. The fourth-order valence-electron chi connectivity index (χ4n) is 2.13. The third-order valence-electron chi connectivity index (χ3n) is 2.75. The fourth-order valence-corrected chi connectivity index (χ4v) is 2.13. The van der Waals surface area contributed by atoms with Crippen molar-refractivity contribution in [3.05, 3.63) is 29.6 Å². The molecule has 0 spiro atoms. The Morgan fingerprint density at radius 1 is 1.64 bits per heavy atom. The van der Waals surface area contributed by atoms with Crippen molar-refractivity contribution in [2.45, 2.75) is 31.6 Å². The lowest BCUT2D eigenvalue weighted by atomic mass is 9.84. The number of aryl methyl sites for hydroxylation is 1. The number of pyridine rings is 1. The first-order valence-electron chi connectivity index (χ1n) is 4.93. The van der Waals surface area contributed by atoms with Crippen molar-refractivity contribution < 1.29 is 9.90 Å². The van der Waals surface area contributed by atoms with E-state index in [2.05, 4.69) is 4.98 Å². The average Bonchev–Trinajstić information content (AvgIpc) is 2.18. The Bertz CT molecular complexity index is 349. The monoisotopic (exact) mass is 191 g/mol. The number of aromatic nitrogens is 1. The van der Waals surface area contributed by atoms with Crippen LogP contribution in [0, 0.1) is 0 Å². The third kappa shape index (κ3) is 1.76. The Morgan fingerprint density at radius 2 is 2.50 bits per heavy atom. The number of carbonyl (C=O) groups is 1. The fraction of sp³-hybridized carbons (Fsp3) is 0.455. The molecule has 0 aromatic carbocycles. The molecule has 1 aliphatic carbocycles. The highest BCUT2D eigenvalue weighted by molar-refractivity contribution is 5.68. The quantitative estimate of drug-likeness (QED) is 0.777. The number of carboxylic acids is 1. The van der Waals surface area contributed by atoms with Crippen molar-refractivity contribution in [3.8, 4) is 0 Å². The van der Waals surface area contributed by atoms with Crippen LogP contribution in [0.3, 0.4) is 0 Å². The number of hydrogen-bond acceptors (Lipinski definition) is 2. The molecule has 74 valence electrons. The van der Waals surface area contributed by atoms with Crippen LogP contribution in [0.5, 0.6) is 0 Å². The molecule has 1 heterocycles. The number of fused-ring (bicyclic) bond motifs is 1. The topological polar surface area (TPSA) is 50.2 Å². The van der Waals surface area contributed by atoms with Gasteiger partial charge in [0.05, 0.1) is 6.42 Å². The van der Waals surface area contributed by atoms with E-state index in [0.29, 0.717) is 0 Å². The molecular formula is C11H13NO2. The summed E-state index contributed by atoms with van der Waals surface area (Å²) in [4.78, 5) is 14.9. The smallest absolute Gasteiger partial charge is 0.303 e. The number of carboxylic acid groups (broad SMARTS) is 1. The summed E-state index contributed by atoms with van der Waals surface area (Å²) < 4.78 is 0. The molecule has 3 nitrogen and oxygen atoms in total. The van der Waals surface area contributed by atoms with Crippen LogP contribution >= 0.6 is 0 Å². The van der Waals surface area contributed by atoms with Crippen molar-refractivity contribution in [1.82, 2.24) is 4.98 Å². The van der Waals surface area contributed by atoms with Gasteiger partial charge < -0.3 is 5.11 Å². The summed E-state index contributed by atoms with van der Waals surface area (Å²) in [5.74, 6) is -0.545. The Kier molecular flexibility index (Phi) is 2.48. The zero-order chi connectivity index (χ0) is 9.97. The van der Waals surface area contributed by atoms with Crippen LogP contribution in [-0.4, -0.2) is 16.1 Å². The lowest BCUT2D eigenvalue weighted by molar-refractivity contribution is -0.137. The Balaban J connectivity index is 2.26. The van der Waals surface area contributed by atoms with Gasteiger partial charge in [0.15, 0.2) is 0 Å². The van der Waals surface area contributed by atoms with Crippen LogP contribution in [0.15, 0.2) is 18.3 Å². The maximum atomic E-state index is 10.7. The molecule has 0 saturated heterocycles. The third-order valence-corrected chi connectivity index (χ3v) is 2.75. The Labute approximate surface area is 82.8 Å². The molecule has 0 bridgehead atoms. The predicted octanol–water partition coefficient (Wildman–Crippen LogP) is 1.98. The lowest BCUT2D eigenvalue weighted by Crippen LogP contribution is -2.14. The first-order valence-corrected chi connectivity index (χ1v) is 4.93. The Hall–Kier alpha value is -1.38. The summed E-state index contributed by atoms with van der Waals surface area (Å²) >= 11 is 0. The molecule has 1 aromatic heterocycles. The molecule has 0 amide bonds. The minimum atomic E-state index is -0.716. The van der Waals surface area contributed by atoms with Crippen LogP contribution in [0.1, 0.15) is 36.4 Å². The number of aliphatic carboxylic acids is 1. The maximum absolute atomic E-state index is 10.7. The van der Waals surface area contributed by atoms with Gasteiger partial charge in [0.25, 0.3) is 0 Å². The van der Waals surface area contributed by atoms with E-state index in [1.807, 2.05) is 12.1 Å². The van der Waals surface area contributed by atoms with E-state index in [9.17, 15) is 4.79 Å². The van der Waals surface area contributed by atoms with Crippen molar-refractivity contribution in [2.24, 2.45) is 0 Å². The van der Waals surface area contributed by atoms with Crippen molar-refractivity contribution in [3.63, 3.8) is 0 Å². The molecule has 1 unspecified atom stereocenters. The molecule has 0 radical (unpaired) electrons. The second-order valence-corrected chi connectivity index (χ2v) is 3.73. The van der Waals surface area contributed by atoms with Gasteiger partial charge in [-0.25, -0.2) is 0 Å². The van der Waals surface area contributed by atoms with Gasteiger partial charge in [-0.3, -0.25) is 9.78 Å². The van der Waals surface area contributed by atoms with Crippen LogP contribution in [0.25, 0.3) is 0 Å². The van der Waals surface area contributed by atoms with Gasteiger partial charge in [0, 0.05) is 11.9 Å². The molecule has 1 N–H and O–H groups in total. The van der Waals surface area contributed by atoms with E-state index in [4.69, 9.17) is 5.11 Å². The predicted molar refractivity (Wildman–Crippen MR) is 52.2 cm³/mol. The normalized spacial score (nSPS) is 20.1. The van der Waals surface area contributed by atoms with Crippen LogP contribution < -0.4 is 0 Å². The van der Waals surface area contributed by atoms with Gasteiger partial charge in [0.2, 0.25) is 0 Å². The van der Waals surface area contributed by atoms with Crippen LogP contribution in [0.2, 0.25) is 0 Å². The number of hydrogen-bond donors (Lipinski definition) is 1. The largest absolute Gasteiger partial charge is 0.481 e. The van der Waals surface area contributed by atoms with Crippen LogP contribution in [0.4, 0.5) is 0 Å². The van der Waals surface area contributed by atoms with E-state index in [1.54, 1.807) is 6.20 Å². The van der Waals surface area contributed by atoms with Gasteiger partial charge in [-0.2, -0.15) is 0 Å². The summed E-state index contributed by atoms with van der Waals surface area (Å²) in [5.41, 5.74) is 2.23. The standard InChI is InChI=1S/C11H13NO2/c13-11(14)7-8-3-1-5-10-9(8)4-2-6-12-10/h2,4,6,8H,1,3,5,7H2,(H,13,14). The molecule has 2 rings (SSSR count). The summed E-state index contributed by atoms with van der Waals surface area (Å²) in [6.07, 6.45) is 5.04. The molecule has 3 heteroatoms. The van der Waals surface area contributed by atoms with Crippen molar-refractivity contribution >= 4 is 5.97 Å². The van der Waals surface area contributed by atoms with Gasteiger partial charge in [0.1, 0.15) is 0 Å². The van der Waals surface area contributed by atoms with Crippen LogP contribution in [-0.2, 0) is 11.2 Å². The molecule has 14 heavy (non-hydrogen) atoms. The summed E-state index contributed by atoms with van der Waals surface area (Å²) in [7, 11) is 0. The minimum absolute atomic E-state index is 0.171. The van der Waals surface area contributed by atoms with Crippen molar-refractivity contribution in [1.29, 1.82) is 0 Å². The van der Waals surface area contributed by atoms with E-state index in [0.717, 1.165) is 30.5 Å². The first-order chi connectivity index (χ1) is 6.77. The van der Waals surface area contributed by atoms with Crippen molar-refractivity contribution in [2.75, 3.05) is 0 Å². The molecule has 1 atom stereocenters. The average molecular weight is 191 g/mol. The molecule has 1 aromatic rings. The molecule has 1 aliphatic rings. The van der Waals surface area contributed by atoms with Gasteiger partial charge >= 0.3 is 5.97 Å². The highest BCUT2D eigenvalue weighted by atomic mass is 16.4. The summed E-state index contributed by atoms with van der Waals surface area (Å²) in [6, 6.07) is 3.90. The zero-order valence-corrected chi connectivity index (χ0v) is 7.94. The van der Waals surface area contributed by atoms with Gasteiger partial charge in [-0.05, 0) is 36.8 Å². The van der Waals surface area contributed by atoms with E-state index in [1.165, 1.54) is 0 Å². The number of rotatable bonds is 2. The van der Waals surface area contributed by atoms with E-state index >= 15 is 0 Å². The zero-order valence-electron chi connectivity index (χ0n) is 7.94. The SMILES string of the molecule is O=C(O)CC1CCCc2ncccc21. The summed E-state index contributed by atoms with van der Waals surface area (Å²) in [5, 5.41) is 8.77. The Morgan fingerprint density at radius 3 is 3.29 bits per heavy atom. The maximum Gasteiger partial charge on any atom is 0.303 e. The minimum Gasteiger partial charge on any atom is -0.481 e. The second kappa shape index (κ2) is 3.78. The highest BCUT2D eigenvalue weighted by Crippen LogP contribution is 2.32. The summed E-state index contributed by atoms with van der Waals surface area (Å²) in [6.45, 7) is 0. The number of nitrogens with zero attached hydrogens (tertiary/aromatic N) is 1. The second-order valence-electron chi connectivity index (χ2n) is 3.73. The lowest BCUT2D eigenvalue weighted by Gasteiger charge is -2.22. The molecular weight excluding hydrogens is 178 g/mol. The van der Waals surface area contributed by atoms with E-state index in [-0.39, 0.29) is 12.3 Å². The molecule has 0 fully saturated rings. The molecule has 0 saturated carbocycles. The van der Waals surface area contributed by atoms with Gasteiger partial charge in [-0.1, -0.05) is 6.07 Å².